The number of aryl methyl sites for hydroxylation is 1. The van der Waals surface area contributed by atoms with Crippen molar-refractivity contribution in [1.82, 2.24) is 14.6 Å². The number of amides is 1. The molecule has 0 saturated carbocycles. The molecule has 1 aromatic carbocycles. The van der Waals surface area contributed by atoms with Gasteiger partial charge in [0, 0.05) is 22.6 Å². The Kier molecular flexibility index (Phi) is 4.64. The van der Waals surface area contributed by atoms with E-state index in [0.717, 1.165) is 5.56 Å². The average molecular weight is 362 g/mol. The number of rotatable bonds is 4. The van der Waals surface area contributed by atoms with E-state index in [1.54, 1.807) is 28.8 Å². The van der Waals surface area contributed by atoms with Crippen LogP contribution in [-0.2, 0) is 4.79 Å². The predicted octanol–water partition coefficient (Wildman–Crippen LogP) is 3.39. The molecule has 0 aliphatic rings. The average Bonchev–Trinajstić information content (AvgIpc) is 2.93. The SMILES string of the molecule is Cc1ccc(NC(=O)C(C)Sc2nnc3ccc(N)cn23)cc1Cl. The van der Waals surface area contributed by atoms with Crippen LogP contribution in [0.15, 0.2) is 41.7 Å². The second kappa shape index (κ2) is 6.70. The largest absolute Gasteiger partial charge is 0.398 e. The maximum atomic E-state index is 12.4. The number of anilines is 2. The highest BCUT2D eigenvalue weighted by Gasteiger charge is 2.18. The number of pyridine rings is 1. The molecule has 1 amide bonds. The molecule has 24 heavy (non-hydrogen) atoms. The van der Waals surface area contributed by atoms with Gasteiger partial charge in [-0.05, 0) is 43.7 Å². The number of nitrogens with one attached hydrogen (secondary N) is 1. The number of nitrogen functional groups attached to an aromatic ring is 1. The number of carbonyl (C=O) groups is 1. The lowest BCUT2D eigenvalue weighted by Crippen LogP contribution is -2.22. The van der Waals surface area contributed by atoms with Gasteiger partial charge in [-0.3, -0.25) is 9.20 Å². The van der Waals surface area contributed by atoms with Crippen molar-refractivity contribution in [2.75, 3.05) is 11.1 Å². The van der Waals surface area contributed by atoms with Crippen molar-refractivity contribution in [2.45, 2.75) is 24.3 Å². The van der Waals surface area contributed by atoms with Gasteiger partial charge in [0.25, 0.3) is 0 Å². The summed E-state index contributed by atoms with van der Waals surface area (Å²) in [4.78, 5) is 12.4. The minimum atomic E-state index is -0.362. The first kappa shape index (κ1) is 16.6. The number of fused-ring (bicyclic) bond motifs is 1. The second-order valence-electron chi connectivity index (χ2n) is 5.39. The van der Waals surface area contributed by atoms with Gasteiger partial charge in [-0.25, -0.2) is 0 Å². The lowest BCUT2D eigenvalue weighted by Gasteiger charge is -2.12. The summed E-state index contributed by atoms with van der Waals surface area (Å²) >= 11 is 7.39. The van der Waals surface area contributed by atoms with E-state index in [9.17, 15) is 4.79 Å². The summed E-state index contributed by atoms with van der Waals surface area (Å²) in [5.74, 6) is -0.138. The van der Waals surface area contributed by atoms with Gasteiger partial charge in [0.1, 0.15) is 0 Å². The number of thioether (sulfide) groups is 1. The van der Waals surface area contributed by atoms with Gasteiger partial charge in [-0.15, -0.1) is 10.2 Å². The highest BCUT2D eigenvalue weighted by Crippen LogP contribution is 2.25. The van der Waals surface area contributed by atoms with Crippen LogP contribution in [0.2, 0.25) is 5.02 Å². The first-order valence-electron chi connectivity index (χ1n) is 7.28. The number of hydrogen-bond donors (Lipinski definition) is 2. The minimum absolute atomic E-state index is 0.138. The molecule has 0 aliphatic carbocycles. The van der Waals surface area contributed by atoms with Crippen LogP contribution in [0.1, 0.15) is 12.5 Å². The fourth-order valence-corrected chi connectivity index (χ4v) is 3.10. The Morgan fingerprint density at radius 3 is 2.88 bits per heavy atom. The molecule has 3 aromatic rings. The summed E-state index contributed by atoms with van der Waals surface area (Å²) in [6.07, 6.45) is 1.74. The molecule has 3 rings (SSSR count). The van der Waals surface area contributed by atoms with E-state index >= 15 is 0 Å². The quantitative estimate of drug-likeness (QED) is 0.696. The van der Waals surface area contributed by atoms with Crippen LogP contribution in [-0.4, -0.2) is 25.8 Å². The van der Waals surface area contributed by atoms with Gasteiger partial charge in [-0.2, -0.15) is 0 Å². The number of benzene rings is 1. The lowest BCUT2D eigenvalue weighted by molar-refractivity contribution is -0.115. The zero-order valence-electron chi connectivity index (χ0n) is 13.2. The molecule has 6 nitrogen and oxygen atoms in total. The van der Waals surface area contributed by atoms with Gasteiger partial charge < -0.3 is 11.1 Å². The van der Waals surface area contributed by atoms with Crippen molar-refractivity contribution >= 4 is 46.3 Å². The molecule has 2 aromatic heterocycles. The van der Waals surface area contributed by atoms with E-state index in [4.69, 9.17) is 17.3 Å². The molecule has 8 heteroatoms. The number of aromatic nitrogens is 3. The Balaban J connectivity index is 1.73. The van der Waals surface area contributed by atoms with Crippen molar-refractivity contribution in [2.24, 2.45) is 0 Å². The van der Waals surface area contributed by atoms with Crippen molar-refractivity contribution in [1.29, 1.82) is 0 Å². The predicted molar refractivity (Wildman–Crippen MR) is 97.5 cm³/mol. The Bertz CT molecular complexity index is 911. The molecule has 0 fully saturated rings. The van der Waals surface area contributed by atoms with Crippen molar-refractivity contribution in [3.63, 3.8) is 0 Å². The number of carbonyl (C=O) groups excluding carboxylic acids is 1. The van der Waals surface area contributed by atoms with Crippen LogP contribution in [0.5, 0.6) is 0 Å². The number of halogens is 1. The third kappa shape index (κ3) is 3.47. The highest BCUT2D eigenvalue weighted by atomic mass is 35.5. The molecule has 1 atom stereocenters. The molecule has 0 radical (unpaired) electrons. The first-order chi connectivity index (χ1) is 11.4. The van der Waals surface area contributed by atoms with E-state index in [0.29, 0.717) is 27.2 Å². The molecule has 124 valence electrons. The summed E-state index contributed by atoms with van der Waals surface area (Å²) < 4.78 is 1.77. The highest BCUT2D eigenvalue weighted by molar-refractivity contribution is 8.00. The molecular formula is C16H16ClN5OS. The molecule has 0 saturated heterocycles. The maximum Gasteiger partial charge on any atom is 0.237 e. The maximum absolute atomic E-state index is 12.4. The van der Waals surface area contributed by atoms with Crippen LogP contribution in [0.25, 0.3) is 5.65 Å². The molecular weight excluding hydrogens is 346 g/mol. The third-order valence-corrected chi connectivity index (χ3v) is 4.95. The topological polar surface area (TPSA) is 85.3 Å². The molecule has 0 aliphatic heterocycles. The van der Waals surface area contributed by atoms with Crippen molar-refractivity contribution in [3.8, 4) is 0 Å². The third-order valence-electron chi connectivity index (χ3n) is 3.48. The smallest absolute Gasteiger partial charge is 0.237 e. The van der Waals surface area contributed by atoms with E-state index in [1.807, 2.05) is 26.0 Å². The summed E-state index contributed by atoms with van der Waals surface area (Å²) in [7, 11) is 0. The first-order valence-corrected chi connectivity index (χ1v) is 8.54. The van der Waals surface area contributed by atoms with E-state index in [1.165, 1.54) is 11.8 Å². The normalized spacial score (nSPS) is 12.3. The summed E-state index contributed by atoms with van der Waals surface area (Å²) in [5.41, 5.74) is 8.71. The van der Waals surface area contributed by atoms with E-state index in [-0.39, 0.29) is 11.2 Å². The standard InChI is InChI=1S/C16H16ClN5OS/c1-9-3-5-12(7-13(9)17)19-15(23)10(2)24-16-21-20-14-6-4-11(18)8-22(14)16/h3-8,10H,18H2,1-2H3,(H,19,23). The number of hydrogen-bond acceptors (Lipinski definition) is 5. The van der Waals surface area contributed by atoms with Gasteiger partial charge in [0.15, 0.2) is 10.8 Å². The number of nitrogens with zero attached hydrogens (tertiary/aromatic N) is 3. The zero-order chi connectivity index (χ0) is 17.3. The second-order valence-corrected chi connectivity index (χ2v) is 7.10. The molecule has 0 spiro atoms. The number of nitrogens with two attached hydrogens (primary N) is 1. The van der Waals surface area contributed by atoms with Crippen LogP contribution < -0.4 is 11.1 Å². The summed E-state index contributed by atoms with van der Waals surface area (Å²) in [6, 6.07) is 8.97. The van der Waals surface area contributed by atoms with E-state index in [2.05, 4.69) is 15.5 Å². The zero-order valence-corrected chi connectivity index (χ0v) is 14.7. The fourth-order valence-electron chi connectivity index (χ4n) is 2.09. The van der Waals surface area contributed by atoms with Gasteiger partial charge in [-0.1, -0.05) is 29.4 Å². The van der Waals surface area contributed by atoms with Gasteiger partial charge in [0.2, 0.25) is 5.91 Å². The minimum Gasteiger partial charge on any atom is -0.398 e. The van der Waals surface area contributed by atoms with E-state index < -0.39 is 0 Å². The molecule has 3 N–H and O–H groups in total. The molecule has 1 unspecified atom stereocenters. The van der Waals surface area contributed by atoms with Gasteiger partial charge in [0.05, 0.1) is 5.25 Å². The lowest BCUT2D eigenvalue weighted by atomic mass is 10.2. The summed E-state index contributed by atoms with van der Waals surface area (Å²) in [5, 5.41) is 11.9. The molecule has 2 heterocycles. The monoisotopic (exact) mass is 361 g/mol. The van der Waals surface area contributed by atoms with Crippen molar-refractivity contribution < 1.29 is 4.79 Å². The fraction of sp³-hybridized carbons (Fsp3) is 0.188. The van der Waals surface area contributed by atoms with Crippen molar-refractivity contribution in [3.05, 3.63) is 47.1 Å². The Morgan fingerprint density at radius 2 is 2.12 bits per heavy atom. The summed E-state index contributed by atoms with van der Waals surface area (Å²) in [6.45, 7) is 3.72. The Morgan fingerprint density at radius 1 is 1.33 bits per heavy atom. The molecule has 0 bridgehead atoms. The van der Waals surface area contributed by atoms with Gasteiger partial charge >= 0.3 is 0 Å². The van der Waals surface area contributed by atoms with Crippen LogP contribution in [0, 0.1) is 6.92 Å². The van der Waals surface area contributed by atoms with Crippen LogP contribution >= 0.6 is 23.4 Å². The Hall–Kier alpha value is -2.25. The Labute approximate surface area is 148 Å². The van der Waals surface area contributed by atoms with Crippen LogP contribution in [0.3, 0.4) is 0 Å². The van der Waals surface area contributed by atoms with Crippen LogP contribution in [0.4, 0.5) is 11.4 Å².